The molecular formula is C18H30IN3O2S. The van der Waals surface area contributed by atoms with E-state index in [1.165, 1.54) is 12.8 Å². The summed E-state index contributed by atoms with van der Waals surface area (Å²) in [6.45, 7) is 1.54. The zero-order valence-electron chi connectivity index (χ0n) is 15.3. The lowest BCUT2D eigenvalue weighted by molar-refractivity contribution is 0.198. The lowest BCUT2D eigenvalue weighted by atomic mass is 10.1. The number of nitrogens with zero attached hydrogens (tertiary/aromatic N) is 1. The number of methoxy groups -OCH3 is 1. The van der Waals surface area contributed by atoms with Crippen LogP contribution in [0.25, 0.3) is 0 Å². The highest BCUT2D eigenvalue weighted by atomic mass is 127. The topological polar surface area (TPSA) is 54.9 Å². The van der Waals surface area contributed by atoms with Crippen molar-refractivity contribution >= 4 is 41.7 Å². The zero-order chi connectivity index (χ0) is 17.2. The third-order valence-corrected chi connectivity index (χ3v) is 4.75. The Morgan fingerprint density at radius 2 is 2.04 bits per heavy atom. The Balaban J connectivity index is 0.00000312. The van der Waals surface area contributed by atoms with Gasteiger partial charge in [0.1, 0.15) is 0 Å². The van der Waals surface area contributed by atoms with E-state index >= 15 is 0 Å². The Hall–Kier alpha value is -0.830. The van der Waals surface area contributed by atoms with Gasteiger partial charge in [-0.2, -0.15) is 11.8 Å². The molecule has 0 spiro atoms. The Kier molecular flexibility index (Phi) is 11.1. The van der Waals surface area contributed by atoms with Crippen LogP contribution in [0.5, 0.6) is 11.5 Å². The number of hydrogen-bond donors (Lipinski definition) is 2. The van der Waals surface area contributed by atoms with E-state index in [4.69, 9.17) is 9.47 Å². The molecule has 1 fully saturated rings. The smallest absolute Gasteiger partial charge is 0.191 e. The van der Waals surface area contributed by atoms with Crippen LogP contribution in [0.3, 0.4) is 0 Å². The van der Waals surface area contributed by atoms with Gasteiger partial charge in [0.25, 0.3) is 0 Å². The molecule has 7 heteroatoms. The standard InChI is InChI=1S/C18H29N3O2S.HI/c1-19-18(20-11-12-24-3)21-13-14-7-6-10-16(22-2)17(14)23-15-8-4-5-9-15;/h6-7,10,15H,4-5,8-9,11-13H2,1-3H3,(H2,19,20,21);1H. The summed E-state index contributed by atoms with van der Waals surface area (Å²) in [7, 11) is 3.48. The zero-order valence-corrected chi connectivity index (χ0v) is 18.5. The van der Waals surface area contributed by atoms with Crippen LogP contribution in [0.2, 0.25) is 0 Å². The summed E-state index contributed by atoms with van der Waals surface area (Å²) in [5.74, 6) is 3.51. The molecular weight excluding hydrogens is 449 g/mol. The minimum atomic E-state index is 0. The number of ether oxygens (including phenoxy) is 2. The molecule has 0 aromatic heterocycles. The molecule has 1 aliphatic carbocycles. The molecule has 2 rings (SSSR count). The molecule has 0 saturated heterocycles. The van der Waals surface area contributed by atoms with Crippen molar-refractivity contribution < 1.29 is 9.47 Å². The summed E-state index contributed by atoms with van der Waals surface area (Å²) in [6.07, 6.45) is 7.16. The first-order valence-corrected chi connectivity index (χ1v) is 9.93. The molecule has 0 heterocycles. The third-order valence-electron chi connectivity index (χ3n) is 4.14. The SMILES string of the molecule is CN=C(NCCSC)NCc1cccc(OC)c1OC1CCCC1.I. The van der Waals surface area contributed by atoms with Gasteiger partial charge in [-0.25, -0.2) is 0 Å². The first-order chi connectivity index (χ1) is 11.8. The van der Waals surface area contributed by atoms with Crippen LogP contribution < -0.4 is 20.1 Å². The summed E-state index contributed by atoms with van der Waals surface area (Å²) in [4.78, 5) is 4.26. The van der Waals surface area contributed by atoms with E-state index in [1.54, 1.807) is 14.2 Å². The van der Waals surface area contributed by atoms with Crippen molar-refractivity contribution in [1.29, 1.82) is 0 Å². The highest BCUT2D eigenvalue weighted by Gasteiger charge is 2.20. The van der Waals surface area contributed by atoms with Crippen molar-refractivity contribution in [2.24, 2.45) is 4.99 Å². The maximum atomic E-state index is 6.26. The van der Waals surface area contributed by atoms with E-state index in [2.05, 4.69) is 27.9 Å². The summed E-state index contributed by atoms with van der Waals surface area (Å²) in [5.41, 5.74) is 1.09. The molecule has 0 atom stereocenters. The molecule has 142 valence electrons. The number of hydrogen-bond acceptors (Lipinski definition) is 4. The molecule has 1 aromatic rings. The molecule has 0 amide bonds. The summed E-state index contributed by atoms with van der Waals surface area (Å²) in [5, 5.41) is 6.66. The second kappa shape index (κ2) is 12.5. The van der Waals surface area contributed by atoms with Gasteiger partial charge in [-0.15, -0.1) is 24.0 Å². The van der Waals surface area contributed by atoms with E-state index in [9.17, 15) is 0 Å². The maximum Gasteiger partial charge on any atom is 0.191 e. The van der Waals surface area contributed by atoms with Gasteiger partial charge in [0.15, 0.2) is 17.5 Å². The largest absolute Gasteiger partial charge is 0.493 e. The van der Waals surface area contributed by atoms with Gasteiger partial charge in [-0.05, 0) is 38.0 Å². The maximum absolute atomic E-state index is 6.26. The third kappa shape index (κ3) is 7.13. The number of aliphatic imine (C=N–C) groups is 1. The highest BCUT2D eigenvalue weighted by molar-refractivity contribution is 14.0. The Morgan fingerprint density at radius 1 is 1.28 bits per heavy atom. The van der Waals surface area contributed by atoms with Gasteiger partial charge in [-0.3, -0.25) is 4.99 Å². The van der Waals surface area contributed by atoms with E-state index < -0.39 is 0 Å². The van der Waals surface area contributed by atoms with Crippen LogP contribution in [0.15, 0.2) is 23.2 Å². The number of benzene rings is 1. The Morgan fingerprint density at radius 3 is 2.68 bits per heavy atom. The van der Waals surface area contributed by atoms with Crippen LogP contribution in [0, 0.1) is 0 Å². The van der Waals surface area contributed by atoms with E-state index in [0.717, 1.165) is 48.2 Å². The van der Waals surface area contributed by atoms with Gasteiger partial charge in [-0.1, -0.05) is 12.1 Å². The number of thioether (sulfide) groups is 1. The molecule has 1 aliphatic rings. The number of rotatable bonds is 8. The quantitative estimate of drug-likeness (QED) is 0.258. The second-order valence-electron chi connectivity index (χ2n) is 5.82. The normalized spacial score (nSPS) is 14.8. The average Bonchev–Trinajstić information content (AvgIpc) is 3.12. The van der Waals surface area contributed by atoms with Crippen LogP contribution >= 0.6 is 35.7 Å². The Bertz CT molecular complexity index is 537. The summed E-state index contributed by atoms with van der Waals surface area (Å²) >= 11 is 1.81. The van der Waals surface area contributed by atoms with Crippen LogP contribution in [-0.2, 0) is 6.54 Å². The van der Waals surface area contributed by atoms with Crippen LogP contribution in [0.4, 0.5) is 0 Å². The summed E-state index contributed by atoms with van der Waals surface area (Å²) < 4.78 is 11.8. The molecule has 1 saturated carbocycles. The van der Waals surface area contributed by atoms with Crippen LogP contribution in [0.1, 0.15) is 31.2 Å². The Labute approximate surface area is 172 Å². The fraction of sp³-hybridized carbons (Fsp3) is 0.611. The minimum Gasteiger partial charge on any atom is -0.493 e. The van der Waals surface area contributed by atoms with Gasteiger partial charge >= 0.3 is 0 Å². The van der Waals surface area contributed by atoms with E-state index in [1.807, 2.05) is 23.9 Å². The number of halogens is 1. The lowest BCUT2D eigenvalue weighted by Gasteiger charge is -2.20. The van der Waals surface area contributed by atoms with Gasteiger partial charge in [0.05, 0.1) is 13.2 Å². The molecule has 0 bridgehead atoms. The molecule has 2 N–H and O–H groups in total. The van der Waals surface area contributed by atoms with Crippen molar-refractivity contribution in [1.82, 2.24) is 10.6 Å². The van der Waals surface area contributed by atoms with E-state index in [0.29, 0.717) is 12.6 Å². The molecule has 0 unspecified atom stereocenters. The number of nitrogens with one attached hydrogen (secondary N) is 2. The van der Waals surface area contributed by atoms with Gasteiger partial charge < -0.3 is 20.1 Å². The van der Waals surface area contributed by atoms with Gasteiger partial charge in [0.2, 0.25) is 0 Å². The average molecular weight is 479 g/mol. The van der Waals surface area contributed by atoms with E-state index in [-0.39, 0.29) is 24.0 Å². The molecule has 25 heavy (non-hydrogen) atoms. The fourth-order valence-corrected chi connectivity index (χ4v) is 3.15. The predicted octanol–water partition coefficient (Wildman–Crippen LogP) is 3.66. The molecule has 0 radical (unpaired) electrons. The number of para-hydroxylation sites is 1. The van der Waals surface area contributed by atoms with Crippen molar-refractivity contribution in [3.63, 3.8) is 0 Å². The monoisotopic (exact) mass is 479 g/mol. The molecule has 1 aromatic carbocycles. The van der Waals surface area contributed by atoms with Crippen molar-refractivity contribution in [3.05, 3.63) is 23.8 Å². The first-order valence-electron chi connectivity index (χ1n) is 8.54. The van der Waals surface area contributed by atoms with Crippen molar-refractivity contribution in [2.75, 3.05) is 32.7 Å². The van der Waals surface area contributed by atoms with Crippen molar-refractivity contribution in [3.8, 4) is 11.5 Å². The summed E-state index contributed by atoms with van der Waals surface area (Å²) in [6, 6.07) is 6.04. The lowest BCUT2D eigenvalue weighted by Crippen LogP contribution is -2.38. The molecule has 0 aliphatic heterocycles. The fourth-order valence-electron chi connectivity index (χ4n) is 2.84. The molecule has 5 nitrogen and oxygen atoms in total. The van der Waals surface area contributed by atoms with Crippen molar-refractivity contribution in [2.45, 2.75) is 38.3 Å². The second-order valence-corrected chi connectivity index (χ2v) is 6.80. The number of guanidine groups is 1. The van der Waals surface area contributed by atoms with Gasteiger partial charge in [0, 0.05) is 31.5 Å². The minimum absolute atomic E-state index is 0. The first kappa shape index (κ1) is 22.2. The highest BCUT2D eigenvalue weighted by Crippen LogP contribution is 2.34. The predicted molar refractivity (Wildman–Crippen MR) is 118 cm³/mol. The van der Waals surface area contributed by atoms with Crippen LogP contribution in [-0.4, -0.2) is 44.8 Å².